The molecule has 2 aromatic heterocycles. The fourth-order valence-corrected chi connectivity index (χ4v) is 3.84. The number of aliphatic hydroxyl groups is 1. The third-order valence-electron chi connectivity index (χ3n) is 5.26. The second kappa shape index (κ2) is 7.08. The second-order valence-corrected chi connectivity index (χ2v) is 6.94. The lowest BCUT2D eigenvalue weighted by Gasteiger charge is -2.29. The Morgan fingerprint density at radius 3 is 2.67 bits per heavy atom. The summed E-state index contributed by atoms with van der Waals surface area (Å²) in [5, 5.41) is 9.15. The van der Waals surface area contributed by atoms with Crippen LogP contribution in [0.5, 0.6) is 0 Å². The van der Waals surface area contributed by atoms with Crippen molar-refractivity contribution in [3.8, 4) is 11.3 Å². The van der Waals surface area contributed by atoms with Crippen LogP contribution in [0.1, 0.15) is 30.3 Å². The summed E-state index contributed by atoms with van der Waals surface area (Å²) in [4.78, 5) is 29.6. The van der Waals surface area contributed by atoms with E-state index in [4.69, 9.17) is 5.11 Å². The number of unbranched alkanes of at least 4 members (excludes halogenated alkanes) is 1. The minimum atomic E-state index is -0.227. The molecule has 0 atom stereocenters. The molecule has 3 aromatic rings. The van der Waals surface area contributed by atoms with Gasteiger partial charge in [-0.25, -0.2) is 4.79 Å². The standard InChI is InChI=1S/C20H24N4O3/c1-2-3-8-22-9-10-23-16(6-7-18(23)19(22)26)14-4-5-17-15(13-14)21-20(27)24(17)11-12-25/h4-7,13,25H,2-3,8-12H2,1H3,(H,21,27). The number of carbonyl (C=O) groups is 1. The molecule has 0 radical (unpaired) electrons. The molecule has 0 bridgehead atoms. The topological polar surface area (TPSA) is 83.3 Å². The Morgan fingerprint density at radius 2 is 1.89 bits per heavy atom. The van der Waals surface area contributed by atoms with Gasteiger partial charge in [0.05, 0.1) is 24.2 Å². The number of hydrogen-bond acceptors (Lipinski definition) is 3. The van der Waals surface area contributed by atoms with E-state index in [2.05, 4.69) is 16.5 Å². The van der Waals surface area contributed by atoms with Crippen molar-refractivity contribution in [3.63, 3.8) is 0 Å². The zero-order valence-electron chi connectivity index (χ0n) is 15.4. The zero-order chi connectivity index (χ0) is 19.0. The summed E-state index contributed by atoms with van der Waals surface area (Å²) in [6.45, 7) is 4.61. The van der Waals surface area contributed by atoms with Crippen LogP contribution in [0.3, 0.4) is 0 Å². The number of fused-ring (bicyclic) bond motifs is 2. The van der Waals surface area contributed by atoms with E-state index in [-0.39, 0.29) is 24.7 Å². The molecular weight excluding hydrogens is 344 g/mol. The van der Waals surface area contributed by atoms with Crippen molar-refractivity contribution in [2.75, 3.05) is 19.7 Å². The molecule has 1 aliphatic rings. The highest BCUT2D eigenvalue weighted by Crippen LogP contribution is 2.28. The Kier molecular flexibility index (Phi) is 4.61. The Bertz CT molecular complexity index is 1040. The molecular formula is C20H24N4O3. The molecule has 1 aliphatic heterocycles. The maximum absolute atomic E-state index is 12.7. The summed E-state index contributed by atoms with van der Waals surface area (Å²) in [6.07, 6.45) is 2.10. The van der Waals surface area contributed by atoms with Gasteiger partial charge >= 0.3 is 5.69 Å². The molecule has 0 unspecified atom stereocenters. The molecule has 0 saturated heterocycles. The lowest BCUT2D eigenvalue weighted by atomic mass is 10.1. The van der Waals surface area contributed by atoms with Crippen molar-refractivity contribution in [1.82, 2.24) is 19.0 Å². The number of nitrogens with zero attached hydrogens (tertiary/aromatic N) is 3. The Balaban J connectivity index is 1.70. The molecule has 7 nitrogen and oxygen atoms in total. The first kappa shape index (κ1) is 17.6. The van der Waals surface area contributed by atoms with Crippen LogP contribution < -0.4 is 5.69 Å². The molecule has 4 rings (SSSR count). The fraction of sp³-hybridized carbons (Fsp3) is 0.400. The van der Waals surface area contributed by atoms with E-state index in [0.29, 0.717) is 0 Å². The van der Waals surface area contributed by atoms with Gasteiger partial charge in [0.15, 0.2) is 0 Å². The molecule has 0 fully saturated rings. The number of aromatic nitrogens is 3. The van der Waals surface area contributed by atoms with Gasteiger partial charge in [0.2, 0.25) is 0 Å². The van der Waals surface area contributed by atoms with Gasteiger partial charge in [-0.1, -0.05) is 19.4 Å². The minimum Gasteiger partial charge on any atom is -0.395 e. The smallest absolute Gasteiger partial charge is 0.326 e. The van der Waals surface area contributed by atoms with Gasteiger partial charge < -0.3 is 19.6 Å². The molecule has 2 N–H and O–H groups in total. The predicted molar refractivity (Wildman–Crippen MR) is 104 cm³/mol. The minimum absolute atomic E-state index is 0.0858. The predicted octanol–water partition coefficient (Wildman–Crippen LogP) is 2.05. The van der Waals surface area contributed by atoms with Crippen LogP contribution in [0.15, 0.2) is 35.1 Å². The monoisotopic (exact) mass is 368 g/mol. The molecule has 1 aromatic carbocycles. The number of aliphatic hydroxyl groups excluding tert-OH is 1. The summed E-state index contributed by atoms with van der Waals surface area (Å²) < 4.78 is 3.59. The van der Waals surface area contributed by atoms with Gasteiger partial charge in [-0.3, -0.25) is 9.36 Å². The second-order valence-electron chi connectivity index (χ2n) is 6.94. The van der Waals surface area contributed by atoms with Crippen molar-refractivity contribution in [2.45, 2.75) is 32.9 Å². The maximum Gasteiger partial charge on any atom is 0.326 e. The fourth-order valence-electron chi connectivity index (χ4n) is 3.84. The van der Waals surface area contributed by atoms with Gasteiger partial charge in [0.25, 0.3) is 5.91 Å². The average Bonchev–Trinajstić information content (AvgIpc) is 3.23. The molecule has 0 aliphatic carbocycles. The van der Waals surface area contributed by atoms with Gasteiger partial charge in [-0.2, -0.15) is 0 Å². The molecule has 27 heavy (non-hydrogen) atoms. The summed E-state index contributed by atoms with van der Waals surface area (Å²) in [7, 11) is 0. The van der Waals surface area contributed by atoms with E-state index < -0.39 is 0 Å². The molecule has 0 spiro atoms. The molecule has 1 amide bonds. The number of nitrogens with one attached hydrogen (secondary N) is 1. The third-order valence-corrected chi connectivity index (χ3v) is 5.26. The lowest BCUT2D eigenvalue weighted by molar-refractivity contribution is 0.0703. The molecule has 3 heterocycles. The number of aromatic amines is 1. The quantitative estimate of drug-likeness (QED) is 0.698. The van der Waals surface area contributed by atoms with E-state index >= 15 is 0 Å². The summed E-state index contributed by atoms with van der Waals surface area (Å²) in [5.74, 6) is 0.0875. The van der Waals surface area contributed by atoms with E-state index in [1.165, 1.54) is 4.57 Å². The number of rotatable bonds is 6. The Labute approximate surface area is 156 Å². The van der Waals surface area contributed by atoms with Crippen LogP contribution in [-0.4, -0.2) is 49.7 Å². The summed E-state index contributed by atoms with van der Waals surface area (Å²) >= 11 is 0. The lowest BCUT2D eigenvalue weighted by Crippen LogP contribution is -2.40. The Morgan fingerprint density at radius 1 is 1.07 bits per heavy atom. The summed E-state index contributed by atoms with van der Waals surface area (Å²) in [5.41, 5.74) is 3.93. The highest BCUT2D eigenvalue weighted by Gasteiger charge is 2.26. The molecule has 142 valence electrons. The van der Waals surface area contributed by atoms with Crippen LogP contribution >= 0.6 is 0 Å². The molecule has 7 heteroatoms. The largest absolute Gasteiger partial charge is 0.395 e. The van der Waals surface area contributed by atoms with Crippen LogP contribution in [0.25, 0.3) is 22.3 Å². The van der Waals surface area contributed by atoms with E-state index in [0.717, 1.165) is 60.5 Å². The number of imidazole rings is 1. The van der Waals surface area contributed by atoms with E-state index in [1.54, 1.807) is 0 Å². The van der Waals surface area contributed by atoms with Crippen molar-refractivity contribution in [2.24, 2.45) is 0 Å². The van der Waals surface area contributed by atoms with Gasteiger partial charge in [-0.15, -0.1) is 0 Å². The molecule has 0 saturated carbocycles. The van der Waals surface area contributed by atoms with Crippen molar-refractivity contribution in [1.29, 1.82) is 0 Å². The van der Waals surface area contributed by atoms with Gasteiger partial charge in [-0.05, 0) is 30.7 Å². The first-order chi connectivity index (χ1) is 13.1. The van der Waals surface area contributed by atoms with Gasteiger partial charge in [0.1, 0.15) is 5.69 Å². The van der Waals surface area contributed by atoms with Crippen molar-refractivity contribution < 1.29 is 9.90 Å². The van der Waals surface area contributed by atoms with Gasteiger partial charge in [0, 0.05) is 30.9 Å². The first-order valence-corrected chi connectivity index (χ1v) is 9.46. The normalized spacial score (nSPS) is 14.1. The van der Waals surface area contributed by atoms with Crippen LogP contribution in [0.2, 0.25) is 0 Å². The zero-order valence-corrected chi connectivity index (χ0v) is 15.4. The summed E-state index contributed by atoms with van der Waals surface area (Å²) in [6, 6.07) is 9.64. The van der Waals surface area contributed by atoms with Crippen molar-refractivity contribution >= 4 is 16.9 Å². The Hall–Kier alpha value is -2.80. The van der Waals surface area contributed by atoms with E-state index in [9.17, 15) is 9.59 Å². The van der Waals surface area contributed by atoms with Crippen LogP contribution in [0.4, 0.5) is 0 Å². The highest BCUT2D eigenvalue weighted by molar-refractivity contribution is 5.95. The van der Waals surface area contributed by atoms with E-state index in [1.807, 2.05) is 35.2 Å². The highest BCUT2D eigenvalue weighted by atomic mass is 16.3. The number of carbonyl (C=O) groups excluding carboxylic acids is 1. The number of amides is 1. The average molecular weight is 368 g/mol. The van der Waals surface area contributed by atoms with Crippen molar-refractivity contribution in [3.05, 3.63) is 46.5 Å². The maximum atomic E-state index is 12.7. The van der Waals surface area contributed by atoms with Crippen LogP contribution in [-0.2, 0) is 13.1 Å². The number of hydrogen-bond donors (Lipinski definition) is 2. The first-order valence-electron chi connectivity index (χ1n) is 9.46. The third kappa shape index (κ3) is 2.98. The SMILES string of the molecule is CCCCN1CCn2c(ccc2-c2ccc3c(c2)[nH]c(=O)n3CCO)C1=O. The van der Waals surface area contributed by atoms with Crippen LogP contribution in [0, 0.1) is 0 Å². The number of H-pyrrole nitrogens is 1. The number of benzene rings is 1.